The summed E-state index contributed by atoms with van der Waals surface area (Å²) in [6.07, 6.45) is 2.11. The van der Waals surface area contributed by atoms with Crippen molar-refractivity contribution in [3.63, 3.8) is 0 Å². The molecule has 1 amide bonds. The maximum Gasteiger partial charge on any atom is 0.253 e. The van der Waals surface area contributed by atoms with Crippen molar-refractivity contribution < 1.29 is 9.18 Å². The molecule has 1 saturated heterocycles. The van der Waals surface area contributed by atoms with Crippen LogP contribution in [-0.2, 0) is 0 Å². The van der Waals surface area contributed by atoms with Gasteiger partial charge in [0.2, 0.25) is 0 Å². The van der Waals surface area contributed by atoms with E-state index in [2.05, 4.69) is 17.6 Å². The second-order valence-electron chi connectivity index (χ2n) is 5.44. The van der Waals surface area contributed by atoms with E-state index in [9.17, 15) is 9.18 Å². The van der Waals surface area contributed by atoms with E-state index < -0.39 is 11.7 Å². The van der Waals surface area contributed by atoms with Crippen molar-refractivity contribution in [2.45, 2.75) is 19.8 Å². The summed E-state index contributed by atoms with van der Waals surface area (Å²) < 4.78 is 13.6. The summed E-state index contributed by atoms with van der Waals surface area (Å²) in [7, 11) is 0. The average molecular weight is 265 g/mol. The zero-order chi connectivity index (χ0) is 13.9. The number of halogens is 1. The zero-order valence-corrected chi connectivity index (χ0v) is 11.1. The van der Waals surface area contributed by atoms with Crippen molar-refractivity contribution in [1.29, 1.82) is 0 Å². The van der Waals surface area contributed by atoms with Crippen LogP contribution in [0.15, 0.2) is 18.2 Å². The van der Waals surface area contributed by atoms with Crippen molar-refractivity contribution in [1.82, 2.24) is 5.32 Å². The number of anilines is 1. The van der Waals surface area contributed by atoms with Crippen molar-refractivity contribution >= 4 is 11.6 Å². The first kappa shape index (κ1) is 13.8. The number of nitrogens with two attached hydrogens (primary N) is 1. The van der Waals surface area contributed by atoms with Crippen LogP contribution in [0.1, 0.15) is 30.1 Å². The number of primary amides is 1. The molecule has 1 aromatic rings. The SMILES string of the molecule is CC1(CNc2cccc(F)c2C(N)=O)CCNCC1. The van der Waals surface area contributed by atoms with E-state index in [1.165, 1.54) is 6.07 Å². The van der Waals surface area contributed by atoms with E-state index in [1.807, 2.05) is 0 Å². The smallest absolute Gasteiger partial charge is 0.253 e. The summed E-state index contributed by atoms with van der Waals surface area (Å²) in [5.74, 6) is -1.32. The number of benzene rings is 1. The molecule has 0 radical (unpaired) electrons. The highest BCUT2D eigenvalue weighted by Crippen LogP contribution is 2.29. The Morgan fingerprint density at radius 1 is 1.47 bits per heavy atom. The largest absolute Gasteiger partial charge is 0.384 e. The lowest BCUT2D eigenvalue weighted by Gasteiger charge is -2.34. The van der Waals surface area contributed by atoms with Crippen LogP contribution in [0.3, 0.4) is 0 Å². The number of carbonyl (C=O) groups excluding carboxylic acids is 1. The van der Waals surface area contributed by atoms with E-state index in [-0.39, 0.29) is 11.0 Å². The van der Waals surface area contributed by atoms with Crippen LogP contribution in [0.4, 0.5) is 10.1 Å². The summed E-state index contributed by atoms with van der Waals surface area (Å²) in [5, 5.41) is 6.49. The van der Waals surface area contributed by atoms with Gasteiger partial charge in [0.25, 0.3) is 5.91 Å². The number of hydrogen-bond donors (Lipinski definition) is 3. The zero-order valence-electron chi connectivity index (χ0n) is 11.1. The molecule has 1 heterocycles. The van der Waals surface area contributed by atoms with Crippen LogP contribution in [0.25, 0.3) is 0 Å². The lowest BCUT2D eigenvalue weighted by molar-refractivity contribution is 0.0997. The first-order valence-corrected chi connectivity index (χ1v) is 6.55. The number of carbonyl (C=O) groups is 1. The number of hydrogen-bond acceptors (Lipinski definition) is 3. The normalized spacial score (nSPS) is 18.0. The van der Waals surface area contributed by atoms with Crippen LogP contribution >= 0.6 is 0 Å². The van der Waals surface area contributed by atoms with Gasteiger partial charge in [-0.15, -0.1) is 0 Å². The lowest BCUT2D eigenvalue weighted by atomic mass is 9.81. The molecule has 104 valence electrons. The molecular formula is C14H20FN3O. The van der Waals surface area contributed by atoms with Gasteiger partial charge in [0.1, 0.15) is 5.82 Å². The molecule has 2 rings (SSSR count). The van der Waals surface area contributed by atoms with E-state index >= 15 is 0 Å². The molecule has 19 heavy (non-hydrogen) atoms. The van der Waals surface area contributed by atoms with E-state index in [0.717, 1.165) is 25.9 Å². The van der Waals surface area contributed by atoms with Crippen molar-refractivity contribution in [3.8, 4) is 0 Å². The van der Waals surface area contributed by atoms with Crippen molar-refractivity contribution in [2.75, 3.05) is 25.0 Å². The van der Waals surface area contributed by atoms with Crippen LogP contribution in [-0.4, -0.2) is 25.5 Å². The fourth-order valence-electron chi connectivity index (χ4n) is 2.44. The molecule has 0 bridgehead atoms. The molecule has 0 aromatic heterocycles. The molecule has 0 spiro atoms. The average Bonchev–Trinajstić information content (AvgIpc) is 2.37. The van der Waals surface area contributed by atoms with Gasteiger partial charge in [-0.3, -0.25) is 4.79 Å². The predicted molar refractivity (Wildman–Crippen MR) is 73.6 cm³/mol. The summed E-state index contributed by atoms with van der Waals surface area (Å²) in [5.41, 5.74) is 5.81. The Morgan fingerprint density at radius 2 is 2.16 bits per heavy atom. The van der Waals surface area contributed by atoms with Gasteiger partial charge < -0.3 is 16.4 Å². The molecule has 0 atom stereocenters. The summed E-state index contributed by atoms with van der Waals surface area (Å²) in [4.78, 5) is 11.3. The quantitative estimate of drug-likeness (QED) is 0.776. The van der Waals surface area contributed by atoms with Gasteiger partial charge in [0.05, 0.1) is 5.56 Å². The maximum absolute atomic E-state index is 13.6. The topological polar surface area (TPSA) is 67.1 Å². The van der Waals surface area contributed by atoms with E-state index in [4.69, 9.17) is 5.73 Å². The fourth-order valence-corrected chi connectivity index (χ4v) is 2.44. The number of rotatable bonds is 4. The van der Waals surface area contributed by atoms with Gasteiger partial charge in [-0.2, -0.15) is 0 Å². The number of amides is 1. The predicted octanol–water partition coefficient (Wildman–Crippen LogP) is 1.73. The minimum absolute atomic E-state index is 0.0555. The number of piperidine rings is 1. The molecule has 0 unspecified atom stereocenters. The molecule has 4 N–H and O–H groups in total. The van der Waals surface area contributed by atoms with Crippen LogP contribution in [0, 0.1) is 11.2 Å². The highest BCUT2D eigenvalue weighted by molar-refractivity contribution is 5.98. The Balaban J connectivity index is 2.11. The first-order chi connectivity index (χ1) is 9.02. The molecule has 0 saturated carbocycles. The Kier molecular flexibility index (Phi) is 4.04. The third-order valence-electron chi connectivity index (χ3n) is 3.78. The van der Waals surface area contributed by atoms with Gasteiger partial charge in [-0.1, -0.05) is 13.0 Å². The fraction of sp³-hybridized carbons (Fsp3) is 0.500. The Bertz CT molecular complexity index is 470. The molecule has 1 aromatic carbocycles. The summed E-state index contributed by atoms with van der Waals surface area (Å²) in [6.45, 7) is 4.89. The standard InChI is InChI=1S/C14H20FN3O/c1-14(5-7-17-8-6-14)9-18-11-4-2-3-10(15)12(11)13(16)19/h2-4,17-18H,5-9H2,1H3,(H2,16,19). The van der Waals surface area contributed by atoms with Crippen LogP contribution in [0.5, 0.6) is 0 Å². The maximum atomic E-state index is 13.6. The van der Waals surface area contributed by atoms with Gasteiger partial charge >= 0.3 is 0 Å². The summed E-state index contributed by atoms with van der Waals surface area (Å²) in [6, 6.07) is 4.51. The minimum Gasteiger partial charge on any atom is -0.384 e. The van der Waals surface area contributed by atoms with E-state index in [1.54, 1.807) is 12.1 Å². The molecule has 5 heteroatoms. The summed E-state index contributed by atoms with van der Waals surface area (Å²) >= 11 is 0. The Morgan fingerprint density at radius 3 is 2.79 bits per heavy atom. The van der Waals surface area contributed by atoms with Gasteiger partial charge in [0.15, 0.2) is 0 Å². The molecule has 1 aliphatic heterocycles. The number of nitrogens with one attached hydrogen (secondary N) is 2. The molecular weight excluding hydrogens is 245 g/mol. The Hall–Kier alpha value is -1.62. The van der Waals surface area contributed by atoms with Crippen LogP contribution < -0.4 is 16.4 Å². The second kappa shape index (κ2) is 5.57. The minimum atomic E-state index is -0.740. The third kappa shape index (κ3) is 3.23. The highest BCUT2D eigenvalue weighted by Gasteiger charge is 2.27. The van der Waals surface area contributed by atoms with Crippen molar-refractivity contribution in [2.24, 2.45) is 11.1 Å². The molecule has 1 aliphatic rings. The third-order valence-corrected chi connectivity index (χ3v) is 3.78. The lowest BCUT2D eigenvalue weighted by Crippen LogP contribution is -2.39. The van der Waals surface area contributed by atoms with E-state index in [0.29, 0.717) is 12.2 Å². The monoisotopic (exact) mass is 265 g/mol. The van der Waals surface area contributed by atoms with Gasteiger partial charge in [-0.25, -0.2) is 4.39 Å². The molecule has 0 aliphatic carbocycles. The van der Waals surface area contributed by atoms with Crippen molar-refractivity contribution in [3.05, 3.63) is 29.6 Å². The molecule has 1 fully saturated rings. The van der Waals surface area contributed by atoms with Gasteiger partial charge in [-0.05, 0) is 43.5 Å². The molecule has 4 nitrogen and oxygen atoms in total. The van der Waals surface area contributed by atoms with Crippen LogP contribution in [0.2, 0.25) is 0 Å². The Labute approximate surface area is 112 Å². The highest BCUT2D eigenvalue weighted by atomic mass is 19.1. The second-order valence-corrected chi connectivity index (χ2v) is 5.44. The van der Waals surface area contributed by atoms with Gasteiger partial charge in [0, 0.05) is 12.2 Å². The first-order valence-electron chi connectivity index (χ1n) is 6.55.